The predicted molar refractivity (Wildman–Crippen MR) is 137 cm³/mol. The summed E-state index contributed by atoms with van der Waals surface area (Å²) < 4.78 is 62.7. The fourth-order valence-corrected chi connectivity index (χ4v) is 5.25. The minimum Gasteiger partial charge on any atom is -0.478 e. The monoisotopic (exact) mass is 539 g/mol. The number of anilines is 2. The third-order valence-electron chi connectivity index (χ3n) is 6.92. The first-order valence-electron chi connectivity index (χ1n) is 12.1. The van der Waals surface area contributed by atoms with E-state index >= 15 is 0 Å². The lowest BCUT2D eigenvalue weighted by Crippen LogP contribution is -2.45. The molecule has 0 saturated carbocycles. The fraction of sp³-hybridized carbons (Fsp3) is 0.214. The van der Waals surface area contributed by atoms with Gasteiger partial charge in [0.25, 0.3) is 0 Å². The fourth-order valence-electron chi connectivity index (χ4n) is 5.25. The Labute approximate surface area is 219 Å². The van der Waals surface area contributed by atoms with Crippen LogP contribution in [-0.2, 0) is 6.42 Å². The molecule has 200 valence electrons. The van der Waals surface area contributed by atoms with Crippen LogP contribution in [0.25, 0.3) is 11.0 Å². The number of benzene rings is 3. The Hall–Kier alpha value is -4.54. The van der Waals surface area contributed by atoms with Gasteiger partial charge in [-0.25, -0.2) is 14.2 Å². The second-order valence-corrected chi connectivity index (χ2v) is 9.42. The van der Waals surface area contributed by atoms with Crippen molar-refractivity contribution in [3.63, 3.8) is 0 Å². The van der Waals surface area contributed by atoms with Gasteiger partial charge < -0.3 is 24.1 Å². The van der Waals surface area contributed by atoms with Gasteiger partial charge in [-0.2, -0.15) is 0 Å². The summed E-state index contributed by atoms with van der Waals surface area (Å²) in [6, 6.07) is 14.2. The highest BCUT2D eigenvalue weighted by atomic mass is 19.4. The number of fused-ring (bicyclic) bond motifs is 3. The van der Waals surface area contributed by atoms with Gasteiger partial charge in [0.05, 0.1) is 16.9 Å². The molecule has 6 rings (SSSR count). The van der Waals surface area contributed by atoms with Gasteiger partial charge in [-0.1, -0.05) is 0 Å². The molecule has 0 aliphatic carbocycles. The van der Waals surface area contributed by atoms with Crippen molar-refractivity contribution >= 4 is 39.8 Å². The maximum atomic E-state index is 13.9. The maximum absolute atomic E-state index is 13.9. The van der Waals surface area contributed by atoms with Crippen molar-refractivity contribution in [3.8, 4) is 5.75 Å². The molecule has 0 spiro atoms. The SMILES string of the molecule is CN1c2ccc(C(=O)O)cc2N=C(N2CCCc3cc(OC(F)(F)F)ccc32)C1c1cc2cc(F)ccc2o1. The number of furan rings is 1. The van der Waals surface area contributed by atoms with E-state index in [-0.39, 0.29) is 11.3 Å². The number of alkyl halides is 3. The molecule has 4 aromatic rings. The number of hydrogen-bond acceptors (Lipinski definition) is 6. The number of nitrogens with zero attached hydrogens (tertiary/aromatic N) is 3. The highest BCUT2D eigenvalue weighted by Crippen LogP contribution is 2.44. The van der Waals surface area contributed by atoms with Crippen molar-refractivity contribution in [2.75, 3.05) is 23.4 Å². The van der Waals surface area contributed by atoms with Crippen molar-refractivity contribution in [1.82, 2.24) is 0 Å². The van der Waals surface area contributed by atoms with Crippen molar-refractivity contribution < 1.29 is 36.6 Å². The molecule has 0 radical (unpaired) electrons. The number of carbonyl (C=O) groups is 1. The van der Waals surface area contributed by atoms with Gasteiger partial charge in [0.2, 0.25) is 0 Å². The molecule has 11 heteroatoms. The largest absolute Gasteiger partial charge is 0.573 e. The zero-order valence-corrected chi connectivity index (χ0v) is 20.5. The number of carboxylic acid groups (broad SMARTS) is 1. The molecule has 1 unspecified atom stereocenters. The van der Waals surface area contributed by atoms with E-state index in [1.54, 1.807) is 24.3 Å². The summed E-state index contributed by atoms with van der Waals surface area (Å²) in [5, 5.41) is 10.1. The van der Waals surface area contributed by atoms with Crippen molar-refractivity contribution in [3.05, 3.63) is 83.4 Å². The number of aryl methyl sites for hydroxylation is 1. The van der Waals surface area contributed by atoms with E-state index in [9.17, 15) is 27.5 Å². The van der Waals surface area contributed by atoms with Crippen LogP contribution in [0.1, 0.15) is 34.1 Å². The highest BCUT2D eigenvalue weighted by Gasteiger charge is 2.38. The van der Waals surface area contributed by atoms with Gasteiger partial charge in [0.1, 0.15) is 34.8 Å². The first-order chi connectivity index (χ1) is 18.6. The molecule has 3 heterocycles. The summed E-state index contributed by atoms with van der Waals surface area (Å²) >= 11 is 0. The summed E-state index contributed by atoms with van der Waals surface area (Å²) in [5.74, 6) is -0.835. The van der Waals surface area contributed by atoms with E-state index < -0.39 is 24.2 Å². The standard InChI is InChI=1S/C28H21F4N3O4/c1-34-22-7-4-16(27(36)37)13-20(22)33-26(25(34)24-14-17-11-18(29)5-9-23(17)38-24)35-10-2-3-15-12-19(6-8-21(15)35)39-28(30,31)32/h4-9,11-14,25H,2-3,10H2,1H3,(H,36,37). The quantitative estimate of drug-likeness (QED) is 0.287. The zero-order chi connectivity index (χ0) is 27.5. The highest BCUT2D eigenvalue weighted by molar-refractivity contribution is 6.09. The van der Waals surface area contributed by atoms with Crippen molar-refractivity contribution in [2.24, 2.45) is 4.99 Å². The number of amidine groups is 1. The predicted octanol–water partition coefficient (Wildman–Crippen LogP) is 6.84. The second kappa shape index (κ2) is 9.04. The molecule has 0 amide bonds. The summed E-state index contributed by atoms with van der Waals surface area (Å²) in [5.41, 5.74) is 2.95. The van der Waals surface area contributed by atoms with Gasteiger partial charge >= 0.3 is 12.3 Å². The molecule has 39 heavy (non-hydrogen) atoms. The first-order valence-corrected chi connectivity index (χ1v) is 12.1. The molecule has 1 aromatic heterocycles. The minimum absolute atomic E-state index is 0.0656. The normalized spacial score (nSPS) is 17.1. The number of hydrogen-bond donors (Lipinski definition) is 1. The van der Waals surface area contributed by atoms with Crippen molar-refractivity contribution in [1.29, 1.82) is 0 Å². The van der Waals surface area contributed by atoms with E-state index in [1.807, 2.05) is 16.8 Å². The Morgan fingerprint density at radius 2 is 1.87 bits per heavy atom. The van der Waals surface area contributed by atoms with Crippen molar-refractivity contribution in [2.45, 2.75) is 25.2 Å². The molecule has 2 aliphatic heterocycles. The summed E-state index contributed by atoms with van der Waals surface area (Å²) in [6.45, 7) is 0.512. The summed E-state index contributed by atoms with van der Waals surface area (Å²) in [6.07, 6.45) is -3.64. The summed E-state index contributed by atoms with van der Waals surface area (Å²) in [7, 11) is 1.82. The molecule has 3 aromatic carbocycles. The maximum Gasteiger partial charge on any atom is 0.573 e. The van der Waals surface area contributed by atoms with Gasteiger partial charge in [0, 0.05) is 24.7 Å². The van der Waals surface area contributed by atoms with E-state index in [1.165, 1.54) is 36.4 Å². The van der Waals surface area contributed by atoms with Crippen LogP contribution in [0, 0.1) is 5.82 Å². The Morgan fingerprint density at radius 1 is 1.08 bits per heavy atom. The first kappa shape index (κ1) is 24.8. The third kappa shape index (κ3) is 4.53. The minimum atomic E-state index is -4.81. The van der Waals surface area contributed by atoms with E-state index in [0.717, 1.165) is 0 Å². The Morgan fingerprint density at radius 3 is 2.64 bits per heavy atom. The lowest BCUT2D eigenvalue weighted by Gasteiger charge is -2.41. The van der Waals surface area contributed by atoms with Crippen LogP contribution in [0.5, 0.6) is 5.75 Å². The molecule has 2 aliphatic rings. The van der Waals surface area contributed by atoms with Crippen LogP contribution < -0.4 is 14.5 Å². The second-order valence-electron chi connectivity index (χ2n) is 9.42. The number of ether oxygens (including phenoxy) is 1. The van der Waals surface area contributed by atoms with E-state index in [0.29, 0.717) is 64.6 Å². The molecule has 7 nitrogen and oxygen atoms in total. The van der Waals surface area contributed by atoms with Gasteiger partial charge in [-0.15, -0.1) is 13.2 Å². The average molecular weight is 539 g/mol. The van der Waals surface area contributed by atoms with Gasteiger partial charge in [-0.05, 0) is 79.1 Å². The Balaban J connectivity index is 1.50. The molecule has 0 bridgehead atoms. The summed E-state index contributed by atoms with van der Waals surface area (Å²) in [4.78, 5) is 20.3. The average Bonchev–Trinajstić information content (AvgIpc) is 3.29. The number of halogens is 4. The van der Waals surface area contributed by atoms with Crippen LogP contribution in [0.4, 0.5) is 34.6 Å². The van der Waals surface area contributed by atoms with E-state index in [2.05, 4.69) is 4.74 Å². The zero-order valence-electron chi connectivity index (χ0n) is 20.5. The lowest BCUT2D eigenvalue weighted by molar-refractivity contribution is -0.274. The molecular weight excluding hydrogens is 518 g/mol. The number of aromatic carboxylic acids is 1. The Kier molecular flexibility index (Phi) is 5.74. The topological polar surface area (TPSA) is 78.5 Å². The lowest BCUT2D eigenvalue weighted by atomic mass is 9.98. The molecular formula is C28H21F4N3O4. The van der Waals surface area contributed by atoms with Gasteiger partial charge in [-0.3, -0.25) is 0 Å². The Bertz CT molecular complexity index is 1650. The van der Waals surface area contributed by atoms with Gasteiger partial charge in [0.15, 0.2) is 0 Å². The smallest absolute Gasteiger partial charge is 0.478 e. The third-order valence-corrected chi connectivity index (χ3v) is 6.92. The van der Waals surface area contributed by atoms with E-state index in [4.69, 9.17) is 9.41 Å². The molecule has 1 N–H and O–H groups in total. The molecule has 0 saturated heterocycles. The molecule has 0 fully saturated rings. The van der Waals surface area contributed by atoms with Crippen LogP contribution in [0.3, 0.4) is 0 Å². The molecule has 1 atom stereocenters. The number of aliphatic imine (C=N–C) groups is 1. The van der Waals surface area contributed by atoms with Crippen LogP contribution in [0.15, 0.2) is 70.1 Å². The number of rotatable bonds is 3. The van der Waals surface area contributed by atoms with Crippen LogP contribution >= 0.6 is 0 Å². The number of likely N-dealkylation sites (N-methyl/N-ethyl adjacent to an activating group) is 1. The van der Waals surface area contributed by atoms with Crippen LogP contribution in [-0.4, -0.2) is 36.9 Å². The number of carboxylic acids is 1. The van der Waals surface area contributed by atoms with Crippen LogP contribution in [0.2, 0.25) is 0 Å².